The van der Waals surface area contributed by atoms with Crippen LogP contribution in [0.5, 0.6) is 0 Å². The Balaban J connectivity index is 2.44. The molecule has 1 N–H and O–H groups in total. The first-order chi connectivity index (χ1) is 9.83. The molecule has 7 heteroatoms. The lowest BCUT2D eigenvalue weighted by Crippen LogP contribution is -2.14. The number of nitrogens with zero attached hydrogens (tertiary/aromatic N) is 1. The summed E-state index contributed by atoms with van der Waals surface area (Å²) >= 11 is 5.83. The fourth-order valence-corrected chi connectivity index (χ4v) is 2.98. The predicted octanol–water partition coefficient (Wildman–Crippen LogP) is 3.46. The summed E-state index contributed by atoms with van der Waals surface area (Å²) in [5.41, 5.74) is 0.677. The van der Waals surface area contributed by atoms with Crippen LogP contribution in [0.2, 0.25) is 5.02 Å². The van der Waals surface area contributed by atoms with E-state index in [1.807, 2.05) is 0 Å². The van der Waals surface area contributed by atoms with Crippen LogP contribution < -0.4 is 4.72 Å². The van der Waals surface area contributed by atoms with Gasteiger partial charge < -0.3 is 0 Å². The van der Waals surface area contributed by atoms with Gasteiger partial charge in [0.15, 0.2) is 0 Å². The Bertz CT molecular complexity index is 845. The molecular formula is C14H10ClFN2O2S. The molecule has 0 spiro atoms. The van der Waals surface area contributed by atoms with Gasteiger partial charge in [0, 0.05) is 5.02 Å². The molecule has 0 unspecified atom stereocenters. The lowest BCUT2D eigenvalue weighted by Gasteiger charge is -2.11. The topological polar surface area (TPSA) is 70.0 Å². The first kappa shape index (κ1) is 15.3. The quantitative estimate of drug-likeness (QED) is 0.940. The van der Waals surface area contributed by atoms with Gasteiger partial charge in [-0.3, -0.25) is 4.72 Å². The fourth-order valence-electron chi connectivity index (χ4n) is 1.67. The molecule has 0 saturated heterocycles. The third kappa shape index (κ3) is 3.32. The summed E-state index contributed by atoms with van der Waals surface area (Å²) < 4.78 is 40.1. The number of hydrogen-bond donors (Lipinski definition) is 1. The zero-order valence-corrected chi connectivity index (χ0v) is 12.5. The lowest BCUT2D eigenvalue weighted by atomic mass is 10.2. The second-order valence-electron chi connectivity index (χ2n) is 4.32. The lowest BCUT2D eigenvalue weighted by molar-refractivity contribution is 0.599. The summed E-state index contributed by atoms with van der Waals surface area (Å²) in [6.45, 7) is 1.72. The normalized spacial score (nSPS) is 11.0. The van der Waals surface area contributed by atoms with Gasteiger partial charge in [0.1, 0.15) is 11.9 Å². The van der Waals surface area contributed by atoms with Crippen LogP contribution in [-0.4, -0.2) is 8.42 Å². The van der Waals surface area contributed by atoms with E-state index in [1.165, 1.54) is 6.07 Å². The van der Waals surface area contributed by atoms with Crippen LogP contribution in [0.1, 0.15) is 11.1 Å². The third-order valence-corrected chi connectivity index (χ3v) is 4.41. The molecule has 2 rings (SSSR count). The predicted molar refractivity (Wildman–Crippen MR) is 78.1 cm³/mol. The molecule has 0 bridgehead atoms. The second kappa shape index (κ2) is 5.72. The summed E-state index contributed by atoms with van der Waals surface area (Å²) in [4.78, 5) is -0.195. The molecule has 2 aromatic carbocycles. The summed E-state index contributed by atoms with van der Waals surface area (Å²) in [5.74, 6) is -0.768. The Hall–Kier alpha value is -2.10. The molecule has 0 radical (unpaired) electrons. The fraction of sp³-hybridized carbons (Fsp3) is 0.0714. The standard InChI is InChI=1S/C14H10ClFN2O2S/c1-9-2-3-11(15)7-14(9)18-21(19,20)12-4-5-13(16)10(6-12)8-17/h2-7,18H,1H3. The van der Waals surface area contributed by atoms with Crippen molar-refractivity contribution in [1.82, 2.24) is 0 Å². The maximum Gasteiger partial charge on any atom is 0.261 e. The maximum absolute atomic E-state index is 13.2. The maximum atomic E-state index is 13.2. The van der Waals surface area contributed by atoms with Crippen molar-refractivity contribution in [2.24, 2.45) is 0 Å². The molecular weight excluding hydrogens is 315 g/mol. The van der Waals surface area contributed by atoms with Gasteiger partial charge in [-0.15, -0.1) is 0 Å². The number of sulfonamides is 1. The molecule has 0 aromatic heterocycles. The number of nitriles is 1. The van der Waals surface area contributed by atoms with E-state index in [2.05, 4.69) is 4.72 Å². The Morgan fingerprint density at radius 3 is 2.62 bits per heavy atom. The van der Waals surface area contributed by atoms with Crippen molar-refractivity contribution in [3.63, 3.8) is 0 Å². The highest BCUT2D eigenvalue weighted by Crippen LogP contribution is 2.24. The van der Waals surface area contributed by atoms with Gasteiger partial charge in [0.2, 0.25) is 0 Å². The molecule has 0 atom stereocenters. The number of rotatable bonds is 3. The Labute approximate surface area is 126 Å². The van der Waals surface area contributed by atoms with Crippen LogP contribution in [0.4, 0.5) is 10.1 Å². The van der Waals surface area contributed by atoms with Gasteiger partial charge in [-0.1, -0.05) is 17.7 Å². The largest absolute Gasteiger partial charge is 0.279 e. The van der Waals surface area contributed by atoms with Gasteiger partial charge in [0.25, 0.3) is 10.0 Å². The molecule has 0 aliphatic carbocycles. The van der Waals surface area contributed by atoms with E-state index in [1.54, 1.807) is 25.1 Å². The van der Waals surface area contributed by atoms with Crippen LogP contribution in [0, 0.1) is 24.1 Å². The molecule has 0 heterocycles. The molecule has 0 amide bonds. The van der Waals surface area contributed by atoms with Gasteiger partial charge in [0.05, 0.1) is 16.1 Å². The zero-order chi connectivity index (χ0) is 15.6. The smallest absolute Gasteiger partial charge is 0.261 e. The molecule has 4 nitrogen and oxygen atoms in total. The zero-order valence-electron chi connectivity index (χ0n) is 10.9. The minimum absolute atomic E-state index is 0.195. The first-order valence-electron chi connectivity index (χ1n) is 5.82. The van der Waals surface area contributed by atoms with Gasteiger partial charge in [-0.25, -0.2) is 12.8 Å². The second-order valence-corrected chi connectivity index (χ2v) is 6.44. The number of halogens is 2. The Kier molecular flexibility index (Phi) is 4.16. The minimum Gasteiger partial charge on any atom is -0.279 e. The molecule has 2 aromatic rings. The highest BCUT2D eigenvalue weighted by atomic mass is 35.5. The number of hydrogen-bond acceptors (Lipinski definition) is 3. The van der Waals surface area contributed by atoms with Crippen molar-refractivity contribution in [2.45, 2.75) is 11.8 Å². The first-order valence-corrected chi connectivity index (χ1v) is 7.68. The molecule has 21 heavy (non-hydrogen) atoms. The van der Waals surface area contributed by atoms with E-state index in [4.69, 9.17) is 16.9 Å². The van der Waals surface area contributed by atoms with Crippen molar-refractivity contribution in [3.05, 3.63) is 58.4 Å². The molecule has 0 saturated carbocycles. The summed E-state index contributed by atoms with van der Waals surface area (Å²) in [5, 5.41) is 9.14. The van der Waals surface area contributed by atoms with E-state index < -0.39 is 15.8 Å². The van der Waals surface area contributed by atoms with Crippen molar-refractivity contribution in [2.75, 3.05) is 4.72 Å². The Morgan fingerprint density at radius 2 is 1.95 bits per heavy atom. The van der Waals surface area contributed by atoms with E-state index in [-0.39, 0.29) is 10.5 Å². The SMILES string of the molecule is Cc1ccc(Cl)cc1NS(=O)(=O)c1ccc(F)c(C#N)c1. The van der Waals surface area contributed by atoms with E-state index in [9.17, 15) is 12.8 Å². The molecule has 0 aliphatic rings. The van der Waals surface area contributed by atoms with Crippen LogP contribution in [0.15, 0.2) is 41.3 Å². The van der Waals surface area contributed by atoms with Crippen LogP contribution in [-0.2, 0) is 10.0 Å². The summed E-state index contributed by atoms with van der Waals surface area (Å²) in [6.07, 6.45) is 0. The van der Waals surface area contributed by atoms with Gasteiger partial charge in [-0.05, 0) is 42.8 Å². The van der Waals surface area contributed by atoms with E-state index in [0.29, 0.717) is 16.3 Å². The van der Waals surface area contributed by atoms with Crippen molar-refractivity contribution >= 4 is 27.3 Å². The number of anilines is 1. The minimum atomic E-state index is -3.93. The summed E-state index contributed by atoms with van der Waals surface area (Å²) in [6, 6.07) is 9.41. The van der Waals surface area contributed by atoms with Crippen molar-refractivity contribution in [3.8, 4) is 6.07 Å². The molecule has 0 fully saturated rings. The van der Waals surface area contributed by atoms with Crippen LogP contribution in [0.25, 0.3) is 0 Å². The highest BCUT2D eigenvalue weighted by Gasteiger charge is 2.17. The molecule has 108 valence electrons. The van der Waals surface area contributed by atoms with Gasteiger partial charge >= 0.3 is 0 Å². The molecule has 0 aliphatic heterocycles. The van der Waals surface area contributed by atoms with Crippen molar-refractivity contribution in [1.29, 1.82) is 5.26 Å². The average Bonchev–Trinajstić information content (AvgIpc) is 2.43. The van der Waals surface area contributed by atoms with Gasteiger partial charge in [-0.2, -0.15) is 5.26 Å². The van der Waals surface area contributed by atoms with Crippen LogP contribution in [0.3, 0.4) is 0 Å². The third-order valence-electron chi connectivity index (χ3n) is 2.81. The Morgan fingerprint density at radius 1 is 1.24 bits per heavy atom. The van der Waals surface area contributed by atoms with E-state index >= 15 is 0 Å². The van der Waals surface area contributed by atoms with Crippen molar-refractivity contribution < 1.29 is 12.8 Å². The monoisotopic (exact) mass is 324 g/mol. The number of nitrogens with one attached hydrogen (secondary N) is 1. The summed E-state index contributed by atoms with van der Waals surface area (Å²) in [7, 11) is -3.93. The number of benzene rings is 2. The van der Waals surface area contributed by atoms with Crippen LogP contribution >= 0.6 is 11.6 Å². The van der Waals surface area contributed by atoms with E-state index in [0.717, 1.165) is 18.2 Å². The average molecular weight is 325 g/mol. The highest BCUT2D eigenvalue weighted by molar-refractivity contribution is 7.92. The number of aryl methyl sites for hydroxylation is 1.